The number of methoxy groups -OCH3 is 2. The minimum absolute atomic E-state index is 0.404. The maximum absolute atomic E-state index is 5.07. The lowest BCUT2D eigenvalue weighted by Crippen LogP contribution is -2.00. The van der Waals surface area contributed by atoms with Gasteiger partial charge in [0.05, 0.1) is 32.2 Å². The van der Waals surface area contributed by atoms with Crippen molar-refractivity contribution in [3.63, 3.8) is 0 Å². The Morgan fingerprint density at radius 1 is 1.22 bits per heavy atom. The van der Waals surface area contributed by atoms with Gasteiger partial charge in [0, 0.05) is 12.7 Å². The lowest BCUT2D eigenvalue weighted by molar-refractivity contribution is 0.373. The number of anilines is 2. The number of ether oxygens (including phenoxy) is 2. The van der Waals surface area contributed by atoms with Crippen LogP contribution in [0.25, 0.3) is 0 Å². The molecule has 0 spiro atoms. The predicted octanol–water partition coefficient (Wildman–Crippen LogP) is 1.45. The molecule has 0 aromatic carbocycles. The molecule has 0 aliphatic heterocycles. The molecule has 0 amide bonds. The zero-order valence-electron chi connectivity index (χ0n) is 10.5. The third-order valence-corrected chi connectivity index (χ3v) is 2.31. The molecule has 2 aromatic heterocycles. The van der Waals surface area contributed by atoms with Crippen molar-refractivity contribution in [2.75, 3.05) is 19.5 Å². The van der Waals surface area contributed by atoms with Gasteiger partial charge in [-0.25, -0.2) is 0 Å². The summed E-state index contributed by atoms with van der Waals surface area (Å²) in [5.41, 5.74) is 0.812. The first kappa shape index (κ1) is 12.2. The summed E-state index contributed by atoms with van der Waals surface area (Å²) in [6.45, 7) is 2.83. The van der Waals surface area contributed by atoms with Gasteiger partial charge in [0.1, 0.15) is 0 Å². The minimum Gasteiger partial charge on any atom is -0.481 e. The summed E-state index contributed by atoms with van der Waals surface area (Å²) < 4.78 is 11.9. The summed E-state index contributed by atoms with van der Waals surface area (Å²) in [5, 5.41) is 7.19. The van der Waals surface area contributed by atoms with E-state index in [4.69, 9.17) is 9.47 Å². The van der Waals surface area contributed by atoms with Crippen LogP contribution in [0.15, 0.2) is 18.5 Å². The Bertz CT molecular complexity index is 504. The Kier molecular flexibility index (Phi) is 3.61. The van der Waals surface area contributed by atoms with Crippen LogP contribution in [-0.4, -0.2) is 34.0 Å². The summed E-state index contributed by atoms with van der Waals surface area (Å²) in [6.07, 6.45) is 3.58. The molecule has 96 valence electrons. The molecule has 1 N–H and O–H groups in total. The highest BCUT2D eigenvalue weighted by atomic mass is 16.5. The van der Waals surface area contributed by atoms with Gasteiger partial charge in [-0.2, -0.15) is 15.1 Å². The van der Waals surface area contributed by atoms with Crippen LogP contribution in [0, 0.1) is 0 Å². The molecule has 7 heteroatoms. The smallest absolute Gasteiger partial charge is 0.233 e. The predicted molar refractivity (Wildman–Crippen MR) is 66.3 cm³/mol. The van der Waals surface area contributed by atoms with Gasteiger partial charge in [0.15, 0.2) is 0 Å². The molecule has 0 saturated heterocycles. The van der Waals surface area contributed by atoms with Gasteiger partial charge < -0.3 is 14.8 Å². The number of aromatic nitrogens is 4. The third-order valence-electron chi connectivity index (χ3n) is 2.31. The van der Waals surface area contributed by atoms with Crippen LogP contribution in [0.4, 0.5) is 11.6 Å². The van der Waals surface area contributed by atoms with Gasteiger partial charge in [-0.05, 0) is 6.92 Å². The molecule has 7 nitrogen and oxygen atoms in total. The summed E-state index contributed by atoms with van der Waals surface area (Å²) in [7, 11) is 3.08. The Morgan fingerprint density at radius 2 is 1.89 bits per heavy atom. The van der Waals surface area contributed by atoms with Gasteiger partial charge in [0.25, 0.3) is 0 Å². The van der Waals surface area contributed by atoms with E-state index in [9.17, 15) is 0 Å². The fourth-order valence-corrected chi connectivity index (χ4v) is 1.40. The van der Waals surface area contributed by atoms with Crippen molar-refractivity contribution in [3.8, 4) is 11.8 Å². The van der Waals surface area contributed by atoms with Crippen LogP contribution < -0.4 is 14.8 Å². The van der Waals surface area contributed by atoms with E-state index < -0.39 is 0 Å². The third kappa shape index (κ3) is 2.68. The zero-order chi connectivity index (χ0) is 13.0. The summed E-state index contributed by atoms with van der Waals surface area (Å²) in [6, 6.07) is 1.61. The molecule has 0 fully saturated rings. The lowest BCUT2D eigenvalue weighted by atomic mass is 10.5. The van der Waals surface area contributed by atoms with Crippen LogP contribution in [0.5, 0.6) is 11.8 Å². The number of rotatable bonds is 5. The number of hydrogen-bond donors (Lipinski definition) is 1. The van der Waals surface area contributed by atoms with Gasteiger partial charge in [-0.15, -0.1) is 0 Å². The van der Waals surface area contributed by atoms with Gasteiger partial charge in [-0.3, -0.25) is 4.68 Å². The number of nitrogens with one attached hydrogen (secondary N) is 1. The fraction of sp³-hybridized carbons (Fsp3) is 0.364. The molecule has 0 unspecified atom stereocenters. The van der Waals surface area contributed by atoms with E-state index >= 15 is 0 Å². The van der Waals surface area contributed by atoms with E-state index in [1.165, 1.54) is 0 Å². The molecular formula is C11H15N5O2. The molecule has 0 radical (unpaired) electrons. The van der Waals surface area contributed by atoms with Crippen LogP contribution >= 0.6 is 0 Å². The average Bonchev–Trinajstić information content (AvgIpc) is 2.85. The molecule has 2 heterocycles. The normalized spacial score (nSPS) is 10.2. The van der Waals surface area contributed by atoms with Gasteiger partial charge >= 0.3 is 0 Å². The van der Waals surface area contributed by atoms with Crippen LogP contribution in [0.1, 0.15) is 6.92 Å². The monoisotopic (exact) mass is 249 g/mol. The Balaban J connectivity index is 2.22. The second kappa shape index (κ2) is 5.35. The van der Waals surface area contributed by atoms with Gasteiger partial charge in [0.2, 0.25) is 17.7 Å². The van der Waals surface area contributed by atoms with E-state index in [0.29, 0.717) is 17.7 Å². The van der Waals surface area contributed by atoms with E-state index in [2.05, 4.69) is 20.4 Å². The second-order valence-corrected chi connectivity index (χ2v) is 3.49. The van der Waals surface area contributed by atoms with E-state index in [-0.39, 0.29) is 0 Å². The molecule has 0 atom stereocenters. The molecule has 0 saturated carbocycles. The molecule has 0 aliphatic rings. The average molecular weight is 249 g/mol. The first-order valence-electron chi connectivity index (χ1n) is 5.51. The molecule has 2 rings (SSSR count). The lowest BCUT2D eigenvalue weighted by Gasteiger charge is -2.06. The number of aryl methyl sites for hydroxylation is 1. The molecule has 2 aromatic rings. The maximum Gasteiger partial charge on any atom is 0.233 e. The quantitative estimate of drug-likeness (QED) is 0.864. The molecule has 0 bridgehead atoms. The first-order chi connectivity index (χ1) is 8.75. The van der Waals surface area contributed by atoms with Crippen molar-refractivity contribution < 1.29 is 9.47 Å². The summed E-state index contributed by atoms with van der Waals surface area (Å²) in [5.74, 6) is 1.28. The van der Waals surface area contributed by atoms with Crippen LogP contribution in [-0.2, 0) is 6.54 Å². The summed E-state index contributed by atoms with van der Waals surface area (Å²) in [4.78, 5) is 8.34. The van der Waals surface area contributed by atoms with Crippen molar-refractivity contribution in [3.05, 3.63) is 18.5 Å². The largest absolute Gasteiger partial charge is 0.481 e. The second-order valence-electron chi connectivity index (χ2n) is 3.49. The first-order valence-corrected chi connectivity index (χ1v) is 5.51. The van der Waals surface area contributed by atoms with E-state index in [1.54, 1.807) is 31.2 Å². The maximum atomic E-state index is 5.07. The molecule has 0 aliphatic carbocycles. The highest BCUT2D eigenvalue weighted by Crippen LogP contribution is 2.20. The molecule has 18 heavy (non-hydrogen) atoms. The van der Waals surface area contributed by atoms with Crippen molar-refractivity contribution >= 4 is 11.6 Å². The van der Waals surface area contributed by atoms with E-state index in [0.717, 1.165) is 12.2 Å². The van der Waals surface area contributed by atoms with Gasteiger partial charge in [-0.1, -0.05) is 0 Å². The Hall–Kier alpha value is -2.31. The van der Waals surface area contributed by atoms with Crippen molar-refractivity contribution in [1.29, 1.82) is 0 Å². The van der Waals surface area contributed by atoms with Crippen molar-refractivity contribution in [2.24, 2.45) is 0 Å². The highest BCUT2D eigenvalue weighted by molar-refractivity contribution is 5.51. The van der Waals surface area contributed by atoms with E-state index in [1.807, 2.05) is 13.1 Å². The van der Waals surface area contributed by atoms with Crippen LogP contribution in [0.2, 0.25) is 0 Å². The minimum atomic E-state index is 0.404. The van der Waals surface area contributed by atoms with Crippen molar-refractivity contribution in [2.45, 2.75) is 13.5 Å². The highest BCUT2D eigenvalue weighted by Gasteiger charge is 2.06. The topological polar surface area (TPSA) is 74.1 Å². The number of hydrogen-bond acceptors (Lipinski definition) is 6. The zero-order valence-corrected chi connectivity index (χ0v) is 10.5. The Morgan fingerprint density at radius 3 is 2.39 bits per heavy atom. The fourth-order valence-electron chi connectivity index (χ4n) is 1.40. The SMILES string of the molecule is CCn1cc(Nc2nc(OC)cc(OC)n2)cn1. The van der Waals surface area contributed by atoms with Crippen molar-refractivity contribution in [1.82, 2.24) is 19.7 Å². The summed E-state index contributed by atoms with van der Waals surface area (Å²) >= 11 is 0. The standard InChI is InChI=1S/C11H15N5O2/c1-4-16-7-8(6-12-16)13-11-14-9(17-2)5-10(15-11)18-3/h5-7H,4H2,1-3H3,(H,13,14,15). The Labute approximate surface area is 105 Å². The number of nitrogens with zero attached hydrogens (tertiary/aromatic N) is 4. The van der Waals surface area contributed by atoms with Crippen LogP contribution in [0.3, 0.4) is 0 Å². The molecular weight excluding hydrogens is 234 g/mol.